The molecule has 0 bridgehead atoms. The van der Waals surface area contributed by atoms with Crippen LogP contribution in [0.1, 0.15) is 27.2 Å². The Morgan fingerprint density at radius 2 is 2.15 bits per heavy atom. The highest BCUT2D eigenvalue weighted by Gasteiger charge is 2.21. The van der Waals surface area contributed by atoms with Gasteiger partial charge in [0.25, 0.3) is 0 Å². The Kier molecular flexibility index (Phi) is 6.63. The van der Waals surface area contributed by atoms with Gasteiger partial charge in [0, 0.05) is 25.6 Å². The minimum absolute atomic E-state index is 0.213. The van der Waals surface area contributed by atoms with Crippen molar-refractivity contribution in [3.63, 3.8) is 0 Å². The summed E-state index contributed by atoms with van der Waals surface area (Å²) in [6.45, 7) is 6.09. The average Bonchev–Trinajstić information content (AvgIpc) is 2.52. The third kappa shape index (κ3) is 4.90. The summed E-state index contributed by atoms with van der Waals surface area (Å²) in [5.41, 5.74) is 0. The van der Waals surface area contributed by atoms with E-state index in [1.165, 1.54) is 0 Å². The molecule has 78 valence electrons. The van der Waals surface area contributed by atoms with E-state index in [0.29, 0.717) is 0 Å². The van der Waals surface area contributed by atoms with Gasteiger partial charge in [0.05, 0.1) is 5.76 Å². The first-order valence-corrected chi connectivity index (χ1v) is 4.70. The van der Waals surface area contributed by atoms with E-state index in [9.17, 15) is 0 Å². The van der Waals surface area contributed by atoms with Crippen molar-refractivity contribution < 1.29 is 14.9 Å². The van der Waals surface area contributed by atoms with Crippen LogP contribution in [0.5, 0.6) is 0 Å². The van der Waals surface area contributed by atoms with Gasteiger partial charge in [-0.05, 0) is 19.9 Å². The van der Waals surface area contributed by atoms with Crippen LogP contribution in [-0.2, 0) is 4.74 Å². The maximum absolute atomic E-state index is 8.78. The van der Waals surface area contributed by atoms with Crippen molar-refractivity contribution in [1.82, 2.24) is 0 Å². The minimum Gasteiger partial charge on any atom is -0.495 e. The number of hydrogen-bond acceptors (Lipinski definition) is 3. The lowest BCUT2D eigenvalue weighted by Gasteiger charge is -2.17. The number of rotatable bonds is 2. The fourth-order valence-corrected chi connectivity index (χ4v) is 1.08. The van der Waals surface area contributed by atoms with E-state index >= 15 is 0 Å². The Hall–Kier alpha value is -0.540. The lowest BCUT2D eigenvalue weighted by atomic mass is 10.0. The van der Waals surface area contributed by atoms with Crippen LogP contribution >= 0.6 is 0 Å². The molecule has 0 fully saturated rings. The number of aliphatic hydroxyl groups excluding tert-OH is 2. The molecule has 0 aromatic carbocycles. The van der Waals surface area contributed by atoms with Crippen LogP contribution < -0.4 is 0 Å². The van der Waals surface area contributed by atoms with Crippen molar-refractivity contribution in [3.8, 4) is 0 Å². The third-order valence-corrected chi connectivity index (χ3v) is 1.90. The monoisotopic (exact) mass is 188 g/mol. The second-order valence-corrected chi connectivity index (χ2v) is 3.18. The lowest BCUT2D eigenvalue weighted by molar-refractivity contribution is 0.0645. The smallest absolute Gasteiger partial charge is 0.106 e. The molecular formula is C10H20O3. The first kappa shape index (κ1) is 12.5. The van der Waals surface area contributed by atoms with Crippen LogP contribution in [0.3, 0.4) is 0 Å². The summed E-state index contributed by atoms with van der Waals surface area (Å²) in [7, 11) is 0. The van der Waals surface area contributed by atoms with Gasteiger partial charge in [-0.1, -0.05) is 6.92 Å². The summed E-state index contributed by atoms with van der Waals surface area (Å²) in [5.74, 6) is 1.25. The van der Waals surface area contributed by atoms with Gasteiger partial charge in [-0.2, -0.15) is 0 Å². The molecule has 0 saturated carbocycles. The molecule has 1 aliphatic heterocycles. The first-order chi connectivity index (χ1) is 6.15. The van der Waals surface area contributed by atoms with E-state index in [4.69, 9.17) is 14.9 Å². The fraction of sp³-hybridized carbons (Fsp3) is 0.800. The Labute approximate surface area is 80.0 Å². The molecule has 2 atom stereocenters. The average molecular weight is 188 g/mol. The van der Waals surface area contributed by atoms with Crippen molar-refractivity contribution in [2.75, 3.05) is 13.2 Å². The summed E-state index contributed by atoms with van der Waals surface area (Å²) >= 11 is 0. The molecule has 13 heavy (non-hydrogen) atoms. The Morgan fingerprint density at radius 1 is 1.62 bits per heavy atom. The highest BCUT2D eigenvalue weighted by Crippen LogP contribution is 2.22. The molecule has 1 heterocycles. The molecule has 1 rings (SSSR count). The quantitative estimate of drug-likeness (QED) is 0.687. The molecule has 0 aliphatic carbocycles. The SMILES string of the molecule is CC1=CCC(C(C)CO)O1.CCO. The predicted molar refractivity (Wildman–Crippen MR) is 52.3 cm³/mol. The van der Waals surface area contributed by atoms with Crippen molar-refractivity contribution in [3.05, 3.63) is 11.8 Å². The van der Waals surface area contributed by atoms with Gasteiger partial charge >= 0.3 is 0 Å². The minimum atomic E-state index is 0.213. The van der Waals surface area contributed by atoms with E-state index in [0.717, 1.165) is 12.2 Å². The standard InChI is InChI=1S/C8H14O2.C2H6O/c1-6(5-9)8-4-3-7(2)10-8;1-2-3/h3,6,8-9H,4-5H2,1-2H3;3H,2H2,1H3. The molecule has 3 nitrogen and oxygen atoms in total. The number of hydrogen-bond donors (Lipinski definition) is 2. The van der Waals surface area contributed by atoms with Gasteiger partial charge in [-0.15, -0.1) is 0 Å². The highest BCUT2D eigenvalue weighted by atomic mass is 16.5. The van der Waals surface area contributed by atoms with Crippen molar-refractivity contribution in [1.29, 1.82) is 0 Å². The van der Waals surface area contributed by atoms with Crippen LogP contribution in [0, 0.1) is 5.92 Å². The van der Waals surface area contributed by atoms with Crippen molar-refractivity contribution in [2.24, 2.45) is 5.92 Å². The predicted octanol–water partition coefficient (Wildman–Crippen LogP) is 1.31. The second kappa shape index (κ2) is 6.92. The zero-order chi connectivity index (χ0) is 10.3. The van der Waals surface area contributed by atoms with Crippen LogP contribution in [0.4, 0.5) is 0 Å². The number of aliphatic hydroxyl groups is 2. The largest absolute Gasteiger partial charge is 0.495 e. The van der Waals surface area contributed by atoms with Gasteiger partial charge in [-0.25, -0.2) is 0 Å². The fourth-order valence-electron chi connectivity index (χ4n) is 1.08. The molecule has 0 aromatic heterocycles. The van der Waals surface area contributed by atoms with Gasteiger partial charge in [0.2, 0.25) is 0 Å². The topological polar surface area (TPSA) is 49.7 Å². The van der Waals surface area contributed by atoms with E-state index in [1.807, 2.05) is 13.8 Å². The highest BCUT2D eigenvalue weighted by molar-refractivity contribution is 4.98. The molecule has 0 aromatic rings. The number of allylic oxidation sites excluding steroid dienone is 1. The zero-order valence-corrected chi connectivity index (χ0v) is 8.66. The Balaban J connectivity index is 0.000000424. The molecule has 0 radical (unpaired) electrons. The van der Waals surface area contributed by atoms with E-state index in [-0.39, 0.29) is 25.2 Å². The van der Waals surface area contributed by atoms with E-state index in [1.54, 1.807) is 6.92 Å². The Morgan fingerprint density at radius 3 is 2.46 bits per heavy atom. The van der Waals surface area contributed by atoms with Crippen molar-refractivity contribution in [2.45, 2.75) is 33.3 Å². The van der Waals surface area contributed by atoms with E-state index in [2.05, 4.69) is 6.08 Å². The molecule has 2 N–H and O–H groups in total. The summed E-state index contributed by atoms with van der Waals surface area (Å²) in [5, 5.41) is 16.3. The zero-order valence-electron chi connectivity index (χ0n) is 8.66. The molecule has 3 heteroatoms. The van der Waals surface area contributed by atoms with Crippen LogP contribution in [0.15, 0.2) is 11.8 Å². The van der Waals surface area contributed by atoms with Crippen LogP contribution in [-0.4, -0.2) is 29.5 Å². The molecular weight excluding hydrogens is 168 g/mol. The van der Waals surface area contributed by atoms with Gasteiger partial charge < -0.3 is 14.9 Å². The molecule has 2 unspecified atom stereocenters. The van der Waals surface area contributed by atoms with E-state index < -0.39 is 0 Å². The maximum Gasteiger partial charge on any atom is 0.106 e. The molecule has 0 amide bonds. The summed E-state index contributed by atoms with van der Waals surface area (Å²) in [6.07, 6.45) is 3.23. The van der Waals surface area contributed by atoms with Gasteiger partial charge in [-0.3, -0.25) is 0 Å². The maximum atomic E-state index is 8.78. The lowest BCUT2D eigenvalue weighted by Crippen LogP contribution is -2.20. The normalized spacial score (nSPS) is 22.5. The third-order valence-electron chi connectivity index (χ3n) is 1.90. The number of ether oxygens (including phenoxy) is 1. The first-order valence-electron chi connectivity index (χ1n) is 4.70. The summed E-state index contributed by atoms with van der Waals surface area (Å²) in [6, 6.07) is 0. The van der Waals surface area contributed by atoms with Gasteiger partial charge in [0.15, 0.2) is 0 Å². The Bertz CT molecular complexity index is 154. The van der Waals surface area contributed by atoms with Crippen LogP contribution in [0.25, 0.3) is 0 Å². The second-order valence-electron chi connectivity index (χ2n) is 3.18. The molecule has 0 saturated heterocycles. The van der Waals surface area contributed by atoms with Gasteiger partial charge in [0.1, 0.15) is 6.10 Å². The molecule has 1 aliphatic rings. The summed E-state index contributed by atoms with van der Waals surface area (Å²) < 4.78 is 5.42. The van der Waals surface area contributed by atoms with Crippen LogP contribution in [0.2, 0.25) is 0 Å². The van der Waals surface area contributed by atoms with Crippen molar-refractivity contribution >= 4 is 0 Å². The molecule has 0 spiro atoms. The summed E-state index contributed by atoms with van der Waals surface area (Å²) in [4.78, 5) is 0.